The van der Waals surface area contributed by atoms with E-state index in [1.54, 1.807) is 0 Å². The van der Waals surface area contributed by atoms with Crippen LogP contribution in [0.25, 0.3) is 11.0 Å². The second kappa shape index (κ2) is 3.38. The molecule has 0 aliphatic heterocycles. The third-order valence-electron chi connectivity index (χ3n) is 2.93. The minimum absolute atomic E-state index is 0.0452. The molecule has 0 bridgehead atoms. The number of furan rings is 1. The summed E-state index contributed by atoms with van der Waals surface area (Å²) in [6.07, 6.45) is 0. The summed E-state index contributed by atoms with van der Waals surface area (Å²) >= 11 is 0. The maximum absolute atomic E-state index is 5.88. The van der Waals surface area contributed by atoms with Crippen LogP contribution in [0.15, 0.2) is 16.5 Å². The molecule has 1 heterocycles. The van der Waals surface area contributed by atoms with E-state index in [1.165, 1.54) is 22.1 Å². The first-order valence-electron chi connectivity index (χ1n) is 5.27. The van der Waals surface area contributed by atoms with Crippen molar-refractivity contribution in [1.82, 2.24) is 0 Å². The molecular formula is C13H17NO. The number of nitrogens with two attached hydrogens (primary N) is 1. The van der Waals surface area contributed by atoms with Crippen molar-refractivity contribution < 1.29 is 4.42 Å². The van der Waals surface area contributed by atoms with Gasteiger partial charge in [0, 0.05) is 10.9 Å². The average Bonchev–Trinajstić information content (AvgIpc) is 2.51. The Balaban J connectivity index is 2.87. The summed E-state index contributed by atoms with van der Waals surface area (Å²) in [7, 11) is 0. The van der Waals surface area contributed by atoms with Crippen LogP contribution in [0.2, 0.25) is 0 Å². The van der Waals surface area contributed by atoms with Crippen molar-refractivity contribution in [2.75, 3.05) is 0 Å². The van der Waals surface area contributed by atoms with Crippen molar-refractivity contribution in [2.45, 2.75) is 33.7 Å². The summed E-state index contributed by atoms with van der Waals surface area (Å²) in [5.74, 6) is 0.905. The molecule has 2 N–H and O–H groups in total. The molecule has 1 aromatic carbocycles. The van der Waals surface area contributed by atoms with Gasteiger partial charge in [0.25, 0.3) is 0 Å². The summed E-state index contributed by atoms with van der Waals surface area (Å²) in [6, 6.07) is 4.17. The van der Waals surface area contributed by atoms with Gasteiger partial charge in [-0.3, -0.25) is 0 Å². The molecule has 1 aromatic heterocycles. The van der Waals surface area contributed by atoms with Gasteiger partial charge in [0.15, 0.2) is 0 Å². The topological polar surface area (TPSA) is 39.2 Å². The van der Waals surface area contributed by atoms with Crippen LogP contribution in [0.5, 0.6) is 0 Å². The van der Waals surface area contributed by atoms with E-state index in [0.29, 0.717) is 0 Å². The highest BCUT2D eigenvalue weighted by atomic mass is 16.3. The molecule has 1 atom stereocenters. The van der Waals surface area contributed by atoms with E-state index in [1.807, 2.05) is 6.92 Å². The van der Waals surface area contributed by atoms with Gasteiger partial charge in [-0.15, -0.1) is 0 Å². The first-order chi connectivity index (χ1) is 7.02. The molecule has 15 heavy (non-hydrogen) atoms. The third kappa shape index (κ3) is 1.45. The Morgan fingerprint density at radius 2 is 1.73 bits per heavy atom. The van der Waals surface area contributed by atoms with Crippen LogP contribution in [0.3, 0.4) is 0 Å². The monoisotopic (exact) mass is 203 g/mol. The van der Waals surface area contributed by atoms with Crippen LogP contribution < -0.4 is 5.73 Å². The maximum Gasteiger partial charge on any atom is 0.137 e. The van der Waals surface area contributed by atoms with Gasteiger partial charge in [0.2, 0.25) is 0 Å². The second-order valence-electron chi connectivity index (χ2n) is 4.28. The minimum Gasteiger partial charge on any atom is -0.459 e. The zero-order valence-corrected chi connectivity index (χ0v) is 9.72. The predicted octanol–water partition coefficient (Wildman–Crippen LogP) is 3.38. The number of aryl methyl sites for hydroxylation is 3. The predicted molar refractivity (Wildman–Crippen MR) is 63.0 cm³/mol. The lowest BCUT2D eigenvalue weighted by Gasteiger charge is -2.00. The summed E-state index contributed by atoms with van der Waals surface area (Å²) in [5.41, 5.74) is 10.5. The summed E-state index contributed by atoms with van der Waals surface area (Å²) < 4.78 is 5.85. The van der Waals surface area contributed by atoms with Crippen molar-refractivity contribution in [3.05, 3.63) is 34.6 Å². The minimum atomic E-state index is -0.0452. The Bertz CT molecular complexity index is 509. The molecule has 0 spiro atoms. The van der Waals surface area contributed by atoms with E-state index in [9.17, 15) is 0 Å². The highest BCUT2D eigenvalue weighted by Gasteiger charge is 2.16. The first-order valence-corrected chi connectivity index (χ1v) is 5.27. The van der Waals surface area contributed by atoms with Crippen molar-refractivity contribution >= 4 is 11.0 Å². The van der Waals surface area contributed by atoms with Gasteiger partial charge in [-0.2, -0.15) is 0 Å². The molecule has 0 fully saturated rings. The summed E-state index contributed by atoms with van der Waals surface area (Å²) in [6.45, 7) is 8.21. The molecule has 0 saturated heterocycles. The van der Waals surface area contributed by atoms with E-state index in [4.69, 9.17) is 10.2 Å². The molecule has 0 saturated carbocycles. The number of fused-ring (bicyclic) bond motifs is 1. The van der Waals surface area contributed by atoms with Gasteiger partial charge >= 0.3 is 0 Å². The van der Waals surface area contributed by atoms with E-state index >= 15 is 0 Å². The number of hydrogen-bond acceptors (Lipinski definition) is 2. The second-order valence-corrected chi connectivity index (χ2v) is 4.28. The summed E-state index contributed by atoms with van der Waals surface area (Å²) in [4.78, 5) is 0. The van der Waals surface area contributed by atoms with E-state index < -0.39 is 0 Å². The number of benzene rings is 1. The van der Waals surface area contributed by atoms with Crippen molar-refractivity contribution in [1.29, 1.82) is 0 Å². The Hall–Kier alpha value is -1.28. The van der Waals surface area contributed by atoms with Crippen molar-refractivity contribution in [3.8, 4) is 0 Å². The van der Waals surface area contributed by atoms with E-state index in [2.05, 4.69) is 32.9 Å². The smallest absolute Gasteiger partial charge is 0.137 e. The molecule has 0 radical (unpaired) electrons. The molecule has 2 rings (SSSR count). The first kappa shape index (κ1) is 10.2. The quantitative estimate of drug-likeness (QED) is 0.771. The SMILES string of the molecule is Cc1ccc(C)c2c(C)c(C(C)N)oc12. The Kier molecular flexibility index (Phi) is 2.31. The van der Waals surface area contributed by atoms with Gasteiger partial charge in [-0.05, 0) is 38.8 Å². The largest absolute Gasteiger partial charge is 0.459 e. The fourth-order valence-corrected chi connectivity index (χ4v) is 2.13. The lowest BCUT2D eigenvalue weighted by molar-refractivity contribution is 0.508. The van der Waals surface area contributed by atoms with Crippen LogP contribution in [-0.4, -0.2) is 0 Å². The van der Waals surface area contributed by atoms with Gasteiger partial charge in [0.05, 0.1) is 6.04 Å². The van der Waals surface area contributed by atoms with Crippen molar-refractivity contribution in [2.24, 2.45) is 5.73 Å². The molecule has 1 unspecified atom stereocenters. The van der Waals surface area contributed by atoms with Gasteiger partial charge in [-0.1, -0.05) is 12.1 Å². The Morgan fingerprint density at radius 3 is 2.27 bits per heavy atom. The van der Waals surface area contributed by atoms with Crippen molar-refractivity contribution in [3.63, 3.8) is 0 Å². The van der Waals surface area contributed by atoms with Crippen LogP contribution in [0.1, 0.15) is 35.4 Å². The molecular weight excluding hydrogens is 186 g/mol. The third-order valence-corrected chi connectivity index (χ3v) is 2.93. The number of hydrogen-bond donors (Lipinski definition) is 1. The van der Waals surface area contributed by atoms with Gasteiger partial charge in [-0.25, -0.2) is 0 Å². The van der Waals surface area contributed by atoms with Crippen LogP contribution in [0, 0.1) is 20.8 Å². The highest BCUT2D eigenvalue weighted by molar-refractivity contribution is 5.87. The van der Waals surface area contributed by atoms with Crippen LogP contribution in [0.4, 0.5) is 0 Å². The molecule has 2 aromatic rings. The fourth-order valence-electron chi connectivity index (χ4n) is 2.13. The van der Waals surface area contributed by atoms with Crippen LogP contribution >= 0.6 is 0 Å². The molecule has 0 aliphatic rings. The Labute approximate surface area is 90.1 Å². The molecule has 0 amide bonds. The summed E-state index contributed by atoms with van der Waals surface area (Å²) in [5, 5.41) is 1.22. The van der Waals surface area contributed by atoms with Crippen LogP contribution in [-0.2, 0) is 0 Å². The molecule has 2 nitrogen and oxygen atoms in total. The van der Waals surface area contributed by atoms with E-state index in [-0.39, 0.29) is 6.04 Å². The fraction of sp³-hybridized carbons (Fsp3) is 0.385. The standard InChI is InChI=1S/C13H17NO/c1-7-5-6-8(2)12-11(7)9(3)13(15-12)10(4)14/h5-6,10H,14H2,1-4H3. The molecule has 80 valence electrons. The molecule has 2 heteroatoms. The lowest BCUT2D eigenvalue weighted by Crippen LogP contribution is -2.04. The van der Waals surface area contributed by atoms with Gasteiger partial charge in [0.1, 0.15) is 11.3 Å². The van der Waals surface area contributed by atoms with Gasteiger partial charge < -0.3 is 10.2 Å². The lowest BCUT2D eigenvalue weighted by atomic mass is 10.0. The normalized spacial score (nSPS) is 13.4. The average molecular weight is 203 g/mol. The maximum atomic E-state index is 5.88. The molecule has 0 aliphatic carbocycles. The number of rotatable bonds is 1. The Morgan fingerprint density at radius 1 is 1.13 bits per heavy atom. The van der Waals surface area contributed by atoms with E-state index in [0.717, 1.165) is 11.3 Å². The zero-order valence-electron chi connectivity index (χ0n) is 9.72. The zero-order chi connectivity index (χ0) is 11.2. The highest BCUT2D eigenvalue weighted by Crippen LogP contribution is 2.32.